The fourth-order valence-electron chi connectivity index (χ4n) is 8.41. The molecule has 6 rings (SSSR count). The summed E-state index contributed by atoms with van der Waals surface area (Å²) >= 11 is 0. The number of hydrogen-bond donors (Lipinski definition) is 2. The monoisotopic (exact) mass is 1100 g/mol. The van der Waals surface area contributed by atoms with Gasteiger partial charge in [-0.15, -0.1) is 0 Å². The number of phosphoric ester groups is 1. The van der Waals surface area contributed by atoms with Gasteiger partial charge in [0.25, 0.3) is 0 Å². The first-order chi connectivity index (χ1) is 36.3. The second-order valence-corrected chi connectivity index (χ2v) is 27.3. The molecule has 12 atom stereocenters. The molecule has 76 heavy (non-hydrogen) atoms. The summed E-state index contributed by atoms with van der Waals surface area (Å²) in [6.45, 7) is 16.6. The van der Waals surface area contributed by atoms with Crippen LogP contribution in [-0.4, -0.2) is 112 Å². The molecule has 2 N–H and O–H groups in total. The largest absolute Gasteiger partial charge is 0.475 e. The maximum Gasteiger partial charge on any atom is 0.475 e. The van der Waals surface area contributed by atoms with Gasteiger partial charge in [-0.25, -0.2) is 4.57 Å². The molecule has 0 saturated carbocycles. The van der Waals surface area contributed by atoms with E-state index in [4.69, 9.17) is 51.2 Å². The standard InChI is InChI=1S/C54H77N4O16PSi/c1-10-35(4)27-45(61)72-51-47(57-58-55)53(74-76(8,9)54(5,6)7)71-42(50(51)65-30-37-23-17-14-18-24-37)34-66-52-46(56-43(59)28-40(11-2)69-44(60)12-3)48(62)49(41(70-52)33-64-29-36-21-15-13-16-22-36)73-75(63)67-31-38-25-19-20-26-39(38)32-68-75/h13-26,35,40-42,46-53,62H,10-12,27-34H2,1-9H3,(H,56,59)/t35-,40-,41?,42?,46?,47?,48-,49-,50+,51-,52-,53?/m1/s1. The van der Waals surface area contributed by atoms with Crippen molar-refractivity contribution in [1.29, 1.82) is 0 Å². The first kappa shape index (κ1) is 60.7. The number of phosphoric acid groups is 1. The van der Waals surface area contributed by atoms with Gasteiger partial charge < -0.3 is 48.0 Å². The average molecular weight is 1100 g/mol. The van der Waals surface area contributed by atoms with Crippen molar-refractivity contribution in [2.24, 2.45) is 11.0 Å². The summed E-state index contributed by atoms with van der Waals surface area (Å²) < 4.78 is 84.1. The maximum absolute atomic E-state index is 14.5. The van der Waals surface area contributed by atoms with Crippen molar-refractivity contribution in [1.82, 2.24) is 5.32 Å². The number of nitrogens with zero attached hydrogens (tertiary/aromatic N) is 3. The minimum absolute atomic E-state index is 0.00910. The third-order valence-electron chi connectivity index (χ3n) is 14.2. The van der Waals surface area contributed by atoms with Gasteiger partial charge in [0.05, 0.1) is 46.1 Å². The minimum atomic E-state index is -4.49. The van der Waals surface area contributed by atoms with Crippen LogP contribution in [0.4, 0.5) is 0 Å². The Morgan fingerprint density at radius 1 is 0.803 bits per heavy atom. The van der Waals surface area contributed by atoms with Gasteiger partial charge in [-0.3, -0.25) is 28.0 Å². The van der Waals surface area contributed by atoms with E-state index < -0.39 is 108 Å². The molecule has 0 spiro atoms. The second-order valence-electron chi connectivity index (χ2n) is 20.9. The SMILES string of the molecule is CCC(=O)O[C@H](CC)CC(=O)NC1[C@H](OCC2OC(O[Si](C)(C)C(C)(C)C)C(N=[N+]=[N-])[C@@H](OC(=O)C[C@H](C)CC)[C@H]2OCc2ccccc2)OC(COCc2ccccc2)[C@@H](OP2(=O)OCc3ccccc3CO2)[C@@H]1O. The van der Waals surface area contributed by atoms with Crippen molar-refractivity contribution < 1.29 is 75.2 Å². The molecule has 0 bridgehead atoms. The summed E-state index contributed by atoms with van der Waals surface area (Å²) in [6, 6.07) is 23.2. The van der Waals surface area contributed by atoms with Crippen molar-refractivity contribution in [2.75, 3.05) is 13.2 Å². The fourth-order valence-corrected chi connectivity index (χ4v) is 10.9. The first-order valence-corrected chi connectivity index (χ1v) is 30.6. The molecule has 0 aromatic heterocycles. The molecule has 3 aromatic carbocycles. The lowest BCUT2D eigenvalue weighted by molar-refractivity contribution is -0.300. The normalized spacial score (nSPS) is 26.4. The topological polar surface area (TPSA) is 251 Å². The van der Waals surface area contributed by atoms with Gasteiger partial charge in [0.15, 0.2) is 20.9 Å². The summed E-state index contributed by atoms with van der Waals surface area (Å²) in [4.78, 5) is 43.5. The molecule has 0 aliphatic carbocycles. The number of ether oxygens (including phenoxy) is 7. The number of amides is 1. The number of aliphatic hydroxyl groups is 1. The zero-order valence-corrected chi connectivity index (χ0v) is 47.0. The van der Waals surface area contributed by atoms with Gasteiger partial charge in [0.1, 0.15) is 54.8 Å². The number of aliphatic hydroxyl groups excluding tert-OH is 1. The van der Waals surface area contributed by atoms with E-state index in [1.807, 2.05) is 133 Å². The van der Waals surface area contributed by atoms with Crippen LogP contribution in [0.5, 0.6) is 0 Å². The molecule has 20 nitrogen and oxygen atoms in total. The van der Waals surface area contributed by atoms with Crippen molar-refractivity contribution in [2.45, 2.75) is 193 Å². The van der Waals surface area contributed by atoms with Crippen LogP contribution in [0.3, 0.4) is 0 Å². The molecular formula is C54H77N4O16PSi. The predicted molar refractivity (Wildman–Crippen MR) is 281 cm³/mol. The summed E-state index contributed by atoms with van der Waals surface area (Å²) in [5.74, 6) is -1.73. The second kappa shape index (κ2) is 28.3. The van der Waals surface area contributed by atoms with Crippen LogP contribution >= 0.6 is 7.82 Å². The summed E-state index contributed by atoms with van der Waals surface area (Å²) in [6.07, 6.45) is -10.9. The molecule has 3 heterocycles. The summed E-state index contributed by atoms with van der Waals surface area (Å²) in [7, 11) is -7.24. The predicted octanol–water partition coefficient (Wildman–Crippen LogP) is 9.51. The molecule has 3 aliphatic rings. The number of hydrogen-bond acceptors (Lipinski definition) is 17. The van der Waals surface area contributed by atoms with Crippen molar-refractivity contribution >= 4 is 34.0 Å². The Morgan fingerprint density at radius 2 is 1.39 bits per heavy atom. The fraction of sp³-hybridized carbons (Fsp3) is 0.611. The van der Waals surface area contributed by atoms with Crippen LogP contribution in [0, 0.1) is 5.92 Å². The van der Waals surface area contributed by atoms with Crippen LogP contribution in [0.1, 0.15) is 103 Å². The number of carbonyl (C=O) groups excluding carboxylic acids is 3. The Balaban J connectivity index is 1.39. The number of esters is 2. The molecule has 1 amide bonds. The van der Waals surface area contributed by atoms with Crippen molar-refractivity contribution in [3.63, 3.8) is 0 Å². The van der Waals surface area contributed by atoms with Crippen molar-refractivity contribution in [3.8, 4) is 0 Å². The lowest BCUT2D eigenvalue weighted by atomic mass is 9.95. The Morgan fingerprint density at radius 3 is 1.97 bits per heavy atom. The smallest absolute Gasteiger partial charge is 0.462 e. The number of nitrogens with one attached hydrogen (secondary N) is 1. The zero-order chi connectivity index (χ0) is 55.0. The molecule has 5 unspecified atom stereocenters. The highest BCUT2D eigenvalue weighted by Gasteiger charge is 2.55. The van der Waals surface area contributed by atoms with Gasteiger partial charge in [0, 0.05) is 17.8 Å². The Bertz CT molecular complexity index is 2400. The van der Waals surface area contributed by atoms with E-state index in [-0.39, 0.29) is 63.3 Å². The van der Waals surface area contributed by atoms with E-state index in [9.17, 15) is 29.6 Å². The van der Waals surface area contributed by atoms with E-state index in [0.717, 1.165) is 22.3 Å². The molecule has 2 saturated heterocycles. The molecule has 22 heteroatoms. The third kappa shape index (κ3) is 17.0. The van der Waals surface area contributed by atoms with Gasteiger partial charge in [-0.05, 0) is 58.3 Å². The maximum atomic E-state index is 14.5. The van der Waals surface area contributed by atoms with Gasteiger partial charge in [-0.2, -0.15) is 0 Å². The first-order valence-electron chi connectivity index (χ1n) is 26.2. The third-order valence-corrected chi connectivity index (χ3v) is 20.0. The zero-order valence-electron chi connectivity index (χ0n) is 45.1. The van der Waals surface area contributed by atoms with Crippen LogP contribution in [0.2, 0.25) is 18.1 Å². The summed E-state index contributed by atoms with van der Waals surface area (Å²) in [5, 5.41) is 19.2. The average Bonchev–Trinajstić information content (AvgIpc) is 3.58. The quantitative estimate of drug-likeness (QED) is 0.0200. The number of benzene rings is 3. The van der Waals surface area contributed by atoms with Gasteiger partial charge in [-0.1, -0.05) is 145 Å². The summed E-state index contributed by atoms with van der Waals surface area (Å²) in [5.41, 5.74) is 13.1. The highest BCUT2D eigenvalue weighted by molar-refractivity contribution is 7.48. The lowest BCUT2D eigenvalue weighted by Crippen LogP contribution is -2.66. The van der Waals surface area contributed by atoms with E-state index >= 15 is 0 Å². The van der Waals surface area contributed by atoms with E-state index in [0.29, 0.717) is 12.8 Å². The molecule has 3 aliphatic heterocycles. The van der Waals surface area contributed by atoms with Crippen LogP contribution < -0.4 is 5.32 Å². The minimum Gasteiger partial charge on any atom is -0.462 e. The number of fused-ring (bicyclic) bond motifs is 1. The number of rotatable bonds is 25. The van der Waals surface area contributed by atoms with E-state index in [1.165, 1.54) is 0 Å². The Hall–Kier alpha value is -4.57. The molecular weight excluding hydrogens is 1020 g/mol. The number of carbonyl (C=O) groups is 3. The molecule has 418 valence electrons. The van der Waals surface area contributed by atoms with Crippen molar-refractivity contribution in [3.05, 3.63) is 118 Å². The highest BCUT2D eigenvalue weighted by Crippen LogP contribution is 2.55. The van der Waals surface area contributed by atoms with Crippen LogP contribution in [-0.2, 0) is 96.5 Å². The van der Waals surface area contributed by atoms with E-state index in [1.54, 1.807) is 13.8 Å². The molecule has 3 aromatic rings. The molecule has 2 fully saturated rings. The highest BCUT2D eigenvalue weighted by atomic mass is 31.2. The van der Waals surface area contributed by atoms with E-state index in [2.05, 4.69) is 15.3 Å². The molecule has 0 radical (unpaired) electrons. The van der Waals surface area contributed by atoms with Crippen LogP contribution in [0.15, 0.2) is 90.0 Å². The van der Waals surface area contributed by atoms with Gasteiger partial charge >= 0.3 is 19.8 Å². The Kier molecular flexibility index (Phi) is 22.6. The lowest BCUT2D eigenvalue weighted by Gasteiger charge is -2.49. The van der Waals surface area contributed by atoms with Gasteiger partial charge in [0.2, 0.25) is 5.91 Å². The number of azide groups is 1. The Labute approximate surface area is 447 Å². The van der Waals surface area contributed by atoms with Crippen LogP contribution in [0.25, 0.3) is 10.4 Å².